The summed E-state index contributed by atoms with van der Waals surface area (Å²) in [4.78, 5) is 89.4. The van der Waals surface area contributed by atoms with E-state index in [9.17, 15) is 38.4 Å². The Balaban J connectivity index is 0.000000264. The molecule has 0 bridgehead atoms. The lowest BCUT2D eigenvalue weighted by Gasteiger charge is -2.09. The molecule has 14 nitrogen and oxygen atoms in total. The lowest BCUT2D eigenvalue weighted by molar-refractivity contribution is -0.143. The van der Waals surface area contributed by atoms with E-state index in [2.05, 4.69) is 14.7 Å². The van der Waals surface area contributed by atoms with Crippen molar-refractivity contribution in [3.05, 3.63) is 42.9 Å². The molecule has 0 saturated carbocycles. The first-order chi connectivity index (χ1) is 15.5. The molecule has 2 aromatic rings. The van der Waals surface area contributed by atoms with Crippen LogP contribution in [0.2, 0.25) is 0 Å². The molecule has 3 heterocycles. The second-order valence-electron chi connectivity index (χ2n) is 6.30. The van der Waals surface area contributed by atoms with E-state index >= 15 is 0 Å². The SMILES string of the molecule is CCC(=O)CC(=O)OC.CCc1cc(=O)oc2[nH]c(=O)[nH]c(=O)c12.O=C1CC(=O)NC(=O)N1. The molecule has 0 unspecified atom stereocenters. The lowest BCUT2D eigenvalue weighted by atomic mass is 10.1. The number of aromatic nitrogens is 2. The van der Waals surface area contributed by atoms with Gasteiger partial charge in [0.05, 0.1) is 7.11 Å². The van der Waals surface area contributed by atoms with Gasteiger partial charge in [0.2, 0.25) is 17.5 Å². The Morgan fingerprint density at radius 3 is 2.09 bits per heavy atom. The van der Waals surface area contributed by atoms with Crippen molar-refractivity contribution in [2.45, 2.75) is 39.5 Å². The Morgan fingerprint density at radius 1 is 1.00 bits per heavy atom. The number of methoxy groups -OCH3 is 1. The lowest BCUT2D eigenvalue weighted by Crippen LogP contribution is -2.49. The summed E-state index contributed by atoms with van der Waals surface area (Å²) in [6, 6.07) is 0.506. The monoisotopic (exact) mass is 466 g/mol. The number of Topliss-reactive ketones (excluding diaryl/α,β-unsaturated/α-hetero) is 1. The molecule has 3 rings (SSSR count). The van der Waals surface area contributed by atoms with E-state index in [0.29, 0.717) is 18.4 Å². The van der Waals surface area contributed by atoms with Gasteiger partial charge in [-0.3, -0.25) is 44.6 Å². The van der Waals surface area contributed by atoms with E-state index in [1.54, 1.807) is 13.8 Å². The van der Waals surface area contributed by atoms with Crippen LogP contribution in [0, 0.1) is 0 Å². The molecule has 4 N–H and O–H groups in total. The second-order valence-corrected chi connectivity index (χ2v) is 6.30. The smallest absolute Gasteiger partial charge is 0.337 e. The van der Waals surface area contributed by atoms with E-state index in [1.807, 2.05) is 10.6 Å². The maximum absolute atomic E-state index is 11.5. The van der Waals surface area contributed by atoms with Crippen LogP contribution < -0.4 is 27.5 Å². The number of ether oxygens (including phenoxy) is 1. The minimum absolute atomic E-state index is 0.0758. The zero-order valence-corrected chi connectivity index (χ0v) is 18.0. The molecular formula is C19H22N4O10. The fourth-order valence-electron chi connectivity index (χ4n) is 2.33. The van der Waals surface area contributed by atoms with Crippen molar-refractivity contribution in [3.63, 3.8) is 0 Å². The maximum atomic E-state index is 11.5. The number of fused-ring (bicyclic) bond motifs is 1. The van der Waals surface area contributed by atoms with Gasteiger partial charge in [-0.25, -0.2) is 14.4 Å². The topological polar surface area (TPSA) is 215 Å². The van der Waals surface area contributed by atoms with E-state index in [1.165, 1.54) is 13.2 Å². The Labute approximate surface area is 184 Å². The van der Waals surface area contributed by atoms with Crippen LogP contribution in [0.3, 0.4) is 0 Å². The highest BCUT2D eigenvalue weighted by Gasteiger charge is 2.20. The summed E-state index contributed by atoms with van der Waals surface area (Å²) in [5.74, 6) is -1.64. The summed E-state index contributed by atoms with van der Waals surface area (Å²) >= 11 is 0. The van der Waals surface area contributed by atoms with Crippen LogP contribution in [0.25, 0.3) is 11.1 Å². The quantitative estimate of drug-likeness (QED) is 0.318. The van der Waals surface area contributed by atoms with Gasteiger partial charge in [0.25, 0.3) is 5.56 Å². The van der Waals surface area contributed by atoms with Crippen molar-refractivity contribution in [2.75, 3.05) is 7.11 Å². The van der Waals surface area contributed by atoms with Gasteiger partial charge in [-0.1, -0.05) is 13.8 Å². The fraction of sp³-hybridized carbons (Fsp3) is 0.368. The number of aromatic amines is 2. The number of aryl methyl sites for hydroxylation is 1. The molecule has 4 amide bonds. The number of esters is 1. The van der Waals surface area contributed by atoms with Gasteiger partial charge in [0, 0.05) is 12.5 Å². The average molecular weight is 466 g/mol. The first-order valence-corrected chi connectivity index (χ1v) is 9.52. The Morgan fingerprint density at radius 2 is 1.61 bits per heavy atom. The van der Waals surface area contributed by atoms with Crippen molar-refractivity contribution in [3.8, 4) is 0 Å². The van der Waals surface area contributed by atoms with Crippen LogP contribution in [0.4, 0.5) is 4.79 Å². The number of imide groups is 2. The fourth-order valence-corrected chi connectivity index (χ4v) is 2.33. The van der Waals surface area contributed by atoms with Gasteiger partial charge in [0.15, 0.2) is 0 Å². The van der Waals surface area contributed by atoms with Gasteiger partial charge in [-0.2, -0.15) is 0 Å². The minimum atomic E-state index is -0.740. The number of nitrogens with one attached hydrogen (secondary N) is 4. The molecule has 1 aliphatic rings. The number of barbiturate groups is 1. The number of hydrogen-bond donors (Lipinski definition) is 4. The Hall–Kier alpha value is -4.36. The summed E-state index contributed by atoms with van der Waals surface area (Å²) in [7, 11) is 1.27. The highest BCUT2D eigenvalue weighted by atomic mass is 16.5. The molecular weight excluding hydrogens is 444 g/mol. The number of carbonyl (C=O) groups is 5. The number of H-pyrrole nitrogens is 2. The molecule has 0 aliphatic carbocycles. The van der Waals surface area contributed by atoms with Gasteiger partial charge >= 0.3 is 23.3 Å². The van der Waals surface area contributed by atoms with Crippen LogP contribution >= 0.6 is 0 Å². The summed E-state index contributed by atoms with van der Waals surface area (Å²) in [6.07, 6.45) is 0.561. The van der Waals surface area contributed by atoms with E-state index in [4.69, 9.17) is 4.42 Å². The molecule has 1 saturated heterocycles. The van der Waals surface area contributed by atoms with Crippen LogP contribution in [0.5, 0.6) is 0 Å². The van der Waals surface area contributed by atoms with E-state index in [-0.39, 0.29) is 29.7 Å². The van der Waals surface area contributed by atoms with Crippen LogP contribution in [-0.4, -0.2) is 46.7 Å². The maximum Gasteiger partial charge on any atom is 0.337 e. The predicted molar refractivity (Wildman–Crippen MR) is 111 cm³/mol. The molecule has 0 aromatic carbocycles. The van der Waals surface area contributed by atoms with Crippen molar-refractivity contribution in [1.82, 2.24) is 20.6 Å². The molecule has 1 fully saturated rings. The van der Waals surface area contributed by atoms with Gasteiger partial charge < -0.3 is 9.15 Å². The first-order valence-electron chi connectivity index (χ1n) is 9.52. The van der Waals surface area contributed by atoms with Gasteiger partial charge in [0.1, 0.15) is 24.0 Å². The highest BCUT2D eigenvalue weighted by Crippen LogP contribution is 2.08. The molecule has 2 aromatic heterocycles. The molecule has 1 aliphatic heterocycles. The van der Waals surface area contributed by atoms with E-state index in [0.717, 1.165) is 0 Å². The summed E-state index contributed by atoms with van der Waals surface area (Å²) in [5.41, 5.74) is -1.34. The van der Waals surface area contributed by atoms with Crippen LogP contribution in [0.1, 0.15) is 38.7 Å². The third kappa shape index (κ3) is 8.72. The number of ketones is 1. The van der Waals surface area contributed by atoms with Crippen molar-refractivity contribution in [2.24, 2.45) is 0 Å². The second kappa shape index (κ2) is 12.5. The van der Waals surface area contributed by atoms with Crippen molar-refractivity contribution >= 4 is 40.7 Å². The van der Waals surface area contributed by atoms with Crippen LogP contribution in [-0.2, 0) is 30.3 Å². The largest absolute Gasteiger partial charge is 0.469 e. The highest BCUT2D eigenvalue weighted by molar-refractivity contribution is 6.14. The summed E-state index contributed by atoms with van der Waals surface area (Å²) in [5, 5.41) is 4.02. The van der Waals surface area contributed by atoms with E-state index < -0.39 is 40.7 Å². The summed E-state index contributed by atoms with van der Waals surface area (Å²) in [6.45, 7) is 3.52. The number of rotatable bonds is 4. The minimum Gasteiger partial charge on any atom is -0.469 e. The molecule has 178 valence electrons. The van der Waals surface area contributed by atoms with Crippen LogP contribution in [0.15, 0.2) is 24.9 Å². The Kier molecular flexibility index (Phi) is 10.1. The number of hydrogen-bond acceptors (Lipinski definition) is 10. The third-order valence-corrected chi connectivity index (χ3v) is 3.90. The van der Waals surface area contributed by atoms with Gasteiger partial charge in [-0.05, 0) is 12.0 Å². The predicted octanol–water partition coefficient (Wildman–Crippen LogP) is -0.997. The summed E-state index contributed by atoms with van der Waals surface area (Å²) < 4.78 is 9.00. The third-order valence-electron chi connectivity index (χ3n) is 3.90. The molecule has 33 heavy (non-hydrogen) atoms. The zero-order chi connectivity index (χ0) is 25.1. The zero-order valence-electron chi connectivity index (χ0n) is 18.0. The standard InChI is InChI=1S/C9H8N2O4.C6H10O3.C4H4N2O3/c1-2-4-3-5(12)15-8-6(4)7(13)10-9(14)11-8;1-3-5(7)4-6(8)9-2;7-2-1-3(8)6-4(9)5-2/h3H,2H2,1H3,(H2,10,11,13,14);3-4H2,1-2H3;1H2,(H2,5,6,7,8,9). The molecule has 14 heteroatoms. The number of carbonyl (C=O) groups excluding carboxylic acids is 5. The molecule has 0 radical (unpaired) electrons. The number of amides is 4. The Bertz CT molecular complexity index is 1170. The molecule has 0 spiro atoms. The molecule has 0 atom stereocenters. The first kappa shape index (κ1) is 26.7. The van der Waals surface area contributed by atoms with Crippen molar-refractivity contribution in [1.29, 1.82) is 0 Å². The van der Waals surface area contributed by atoms with Crippen molar-refractivity contribution < 1.29 is 33.1 Å². The number of urea groups is 1. The van der Waals surface area contributed by atoms with Gasteiger partial charge in [-0.15, -0.1) is 0 Å². The average Bonchev–Trinajstić information content (AvgIpc) is 2.72. The normalized spacial score (nSPS) is 12.4.